The lowest BCUT2D eigenvalue weighted by Gasteiger charge is -2.22. The van der Waals surface area contributed by atoms with Crippen molar-refractivity contribution in [1.82, 2.24) is 0 Å². The second kappa shape index (κ2) is 4.78. The van der Waals surface area contributed by atoms with Crippen LogP contribution in [0, 0.1) is 0 Å². The Balaban J connectivity index is 3.79. The molecule has 6 heteroatoms. The summed E-state index contributed by atoms with van der Waals surface area (Å²) < 4.78 is 0. The molecule has 0 rings (SSSR count). The fourth-order valence-corrected chi connectivity index (χ4v) is 0.804. The van der Waals surface area contributed by atoms with Gasteiger partial charge in [-0.15, -0.1) is 0 Å². The quantitative estimate of drug-likeness (QED) is 0.411. The van der Waals surface area contributed by atoms with Crippen molar-refractivity contribution in [3.63, 3.8) is 0 Å². The molecular weight excluding hydrogens is 176 g/mol. The lowest BCUT2D eigenvalue weighted by molar-refractivity contribution is -0.137. The van der Waals surface area contributed by atoms with Gasteiger partial charge in [0, 0.05) is 12.8 Å². The molecule has 0 aromatic heterocycles. The number of carboxylic acids is 2. The van der Waals surface area contributed by atoms with Crippen molar-refractivity contribution in [2.75, 3.05) is 0 Å². The van der Waals surface area contributed by atoms with Crippen molar-refractivity contribution < 1.29 is 19.8 Å². The Bertz CT molecular complexity index is 183. The Labute approximate surface area is 75.5 Å². The first kappa shape index (κ1) is 11.9. The molecule has 76 valence electrons. The highest BCUT2D eigenvalue weighted by atomic mass is 16.4. The van der Waals surface area contributed by atoms with E-state index in [1.54, 1.807) is 0 Å². The van der Waals surface area contributed by atoms with E-state index in [9.17, 15) is 9.59 Å². The molecule has 0 aromatic carbocycles. The van der Waals surface area contributed by atoms with Crippen LogP contribution in [0.3, 0.4) is 0 Å². The predicted octanol–water partition coefficient (Wildman–Crippen LogP) is -0.670. The van der Waals surface area contributed by atoms with Gasteiger partial charge < -0.3 is 21.7 Å². The predicted molar refractivity (Wildman–Crippen MR) is 44.8 cm³/mol. The van der Waals surface area contributed by atoms with Crippen molar-refractivity contribution in [2.45, 2.75) is 31.3 Å². The van der Waals surface area contributed by atoms with E-state index in [4.69, 9.17) is 21.7 Å². The number of hydrogen-bond donors (Lipinski definition) is 4. The van der Waals surface area contributed by atoms with Gasteiger partial charge in [0.1, 0.15) is 0 Å². The summed E-state index contributed by atoms with van der Waals surface area (Å²) in [4.78, 5) is 20.3. The SMILES string of the molecule is NC(N)(CCC(=O)O)CCC(=O)O. The lowest BCUT2D eigenvalue weighted by atomic mass is 10.00. The molecule has 0 saturated heterocycles. The summed E-state index contributed by atoms with van der Waals surface area (Å²) in [6.07, 6.45) is -0.134. The van der Waals surface area contributed by atoms with Crippen LogP contribution in [-0.4, -0.2) is 27.8 Å². The van der Waals surface area contributed by atoms with Crippen LogP contribution in [0.25, 0.3) is 0 Å². The largest absolute Gasteiger partial charge is 0.481 e. The number of aliphatic carboxylic acids is 2. The maximum absolute atomic E-state index is 10.2. The zero-order valence-corrected chi connectivity index (χ0v) is 7.19. The van der Waals surface area contributed by atoms with Gasteiger partial charge in [-0.25, -0.2) is 0 Å². The zero-order chi connectivity index (χ0) is 10.5. The fourth-order valence-electron chi connectivity index (χ4n) is 0.804. The van der Waals surface area contributed by atoms with Crippen molar-refractivity contribution in [3.05, 3.63) is 0 Å². The van der Waals surface area contributed by atoms with Crippen molar-refractivity contribution >= 4 is 11.9 Å². The van der Waals surface area contributed by atoms with Crippen LogP contribution in [0.2, 0.25) is 0 Å². The van der Waals surface area contributed by atoms with Crippen LogP contribution in [0.15, 0.2) is 0 Å². The monoisotopic (exact) mass is 190 g/mol. The first-order chi connectivity index (χ1) is 5.83. The van der Waals surface area contributed by atoms with E-state index in [-0.39, 0.29) is 25.7 Å². The number of carboxylic acid groups (broad SMARTS) is 2. The minimum absolute atomic E-state index is 0.0790. The Morgan fingerprint density at radius 2 is 1.31 bits per heavy atom. The molecular formula is C7H14N2O4. The third-order valence-corrected chi connectivity index (χ3v) is 1.61. The molecule has 13 heavy (non-hydrogen) atoms. The van der Waals surface area contributed by atoms with Crippen LogP contribution in [-0.2, 0) is 9.59 Å². The molecule has 0 fully saturated rings. The molecule has 0 bridgehead atoms. The summed E-state index contributed by atoms with van der Waals surface area (Å²) in [7, 11) is 0. The summed E-state index contributed by atoms with van der Waals surface area (Å²) in [6.45, 7) is 0. The highest BCUT2D eigenvalue weighted by Gasteiger charge is 2.21. The number of hydrogen-bond acceptors (Lipinski definition) is 4. The minimum Gasteiger partial charge on any atom is -0.481 e. The Kier molecular flexibility index (Phi) is 4.36. The van der Waals surface area contributed by atoms with Gasteiger partial charge in [-0.1, -0.05) is 0 Å². The highest BCUT2D eigenvalue weighted by Crippen LogP contribution is 2.09. The fraction of sp³-hybridized carbons (Fsp3) is 0.714. The van der Waals surface area contributed by atoms with Crippen molar-refractivity contribution in [2.24, 2.45) is 11.5 Å². The lowest BCUT2D eigenvalue weighted by Crippen LogP contribution is -2.49. The van der Waals surface area contributed by atoms with Crippen LogP contribution in [0.5, 0.6) is 0 Å². The molecule has 0 unspecified atom stereocenters. The molecule has 0 amide bonds. The topological polar surface area (TPSA) is 127 Å². The zero-order valence-electron chi connectivity index (χ0n) is 7.19. The number of carbonyl (C=O) groups is 2. The molecule has 0 saturated carbocycles. The van der Waals surface area contributed by atoms with Gasteiger partial charge in [-0.05, 0) is 12.8 Å². The van der Waals surface area contributed by atoms with Crippen LogP contribution in [0.1, 0.15) is 25.7 Å². The van der Waals surface area contributed by atoms with Gasteiger partial charge in [-0.2, -0.15) is 0 Å². The molecule has 0 spiro atoms. The van der Waals surface area contributed by atoms with E-state index in [1.807, 2.05) is 0 Å². The standard InChI is InChI=1S/C7H14N2O4/c8-7(9,3-1-5(10)11)4-2-6(12)13/h1-4,8-9H2,(H,10,11)(H,12,13). The molecule has 0 aliphatic heterocycles. The van der Waals surface area contributed by atoms with Gasteiger partial charge in [-0.3, -0.25) is 9.59 Å². The van der Waals surface area contributed by atoms with Crippen LogP contribution < -0.4 is 11.5 Å². The minimum atomic E-state index is -1.20. The van der Waals surface area contributed by atoms with Crippen molar-refractivity contribution in [1.29, 1.82) is 0 Å². The van der Waals surface area contributed by atoms with E-state index >= 15 is 0 Å². The Morgan fingerprint density at radius 3 is 1.54 bits per heavy atom. The second-order valence-corrected chi connectivity index (χ2v) is 3.02. The molecule has 6 nitrogen and oxygen atoms in total. The molecule has 0 atom stereocenters. The first-order valence-corrected chi connectivity index (χ1v) is 3.85. The van der Waals surface area contributed by atoms with Gasteiger partial charge >= 0.3 is 11.9 Å². The molecule has 0 aliphatic carbocycles. The smallest absolute Gasteiger partial charge is 0.303 e. The summed E-state index contributed by atoms with van der Waals surface area (Å²) in [5, 5.41) is 16.7. The van der Waals surface area contributed by atoms with E-state index < -0.39 is 17.6 Å². The molecule has 0 heterocycles. The van der Waals surface area contributed by atoms with Crippen molar-refractivity contribution in [3.8, 4) is 0 Å². The van der Waals surface area contributed by atoms with E-state index in [0.29, 0.717) is 0 Å². The third-order valence-electron chi connectivity index (χ3n) is 1.61. The molecule has 0 aromatic rings. The maximum atomic E-state index is 10.2. The average molecular weight is 190 g/mol. The summed E-state index contributed by atoms with van der Waals surface area (Å²) in [5.41, 5.74) is 9.73. The first-order valence-electron chi connectivity index (χ1n) is 3.85. The van der Waals surface area contributed by atoms with E-state index in [2.05, 4.69) is 0 Å². The van der Waals surface area contributed by atoms with Gasteiger partial charge in [0.05, 0.1) is 5.66 Å². The molecule has 0 aliphatic rings. The summed E-state index contributed by atoms with van der Waals surface area (Å²) >= 11 is 0. The average Bonchev–Trinajstić information content (AvgIpc) is 1.98. The van der Waals surface area contributed by atoms with Crippen LogP contribution in [0.4, 0.5) is 0 Å². The van der Waals surface area contributed by atoms with Gasteiger partial charge in [0.2, 0.25) is 0 Å². The molecule has 6 N–H and O–H groups in total. The summed E-state index contributed by atoms with van der Waals surface area (Å²) in [6, 6.07) is 0. The molecule has 0 radical (unpaired) electrons. The second-order valence-electron chi connectivity index (χ2n) is 3.02. The highest BCUT2D eigenvalue weighted by molar-refractivity contribution is 5.67. The van der Waals surface area contributed by atoms with Crippen LogP contribution >= 0.6 is 0 Å². The maximum Gasteiger partial charge on any atom is 0.303 e. The number of nitrogens with two attached hydrogens (primary N) is 2. The number of rotatable bonds is 6. The summed E-state index contributed by atoms with van der Waals surface area (Å²) in [5.74, 6) is -1.98. The van der Waals surface area contributed by atoms with Gasteiger partial charge in [0.15, 0.2) is 0 Å². The van der Waals surface area contributed by atoms with E-state index in [0.717, 1.165) is 0 Å². The Morgan fingerprint density at radius 1 is 1.00 bits per heavy atom. The van der Waals surface area contributed by atoms with E-state index in [1.165, 1.54) is 0 Å². The normalized spacial score (nSPS) is 11.2. The van der Waals surface area contributed by atoms with Gasteiger partial charge in [0.25, 0.3) is 0 Å². The third kappa shape index (κ3) is 7.23. The Hall–Kier alpha value is -1.14.